The number of fused-ring (bicyclic) bond motifs is 8. The molecule has 6 aliphatic carbocycles. The molecule has 18 atom stereocenters. The summed E-state index contributed by atoms with van der Waals surface area (Å²) in [7, 11) is 0. The van der Waals surface area contributed by atoms with Crippen LogP contribution in [0.5, 0.6) is 0 Å². The number of amides is 5. The molecule has 5 amide bonds. The number of carboxylic acid groups (broad SMARTS) is 1. The minimum atomic E-state index is -2.45. The zero-order valence-corrected chi connectivity index (χ0v) is 68.9. The van der Waals surface area contributed by atoms with Crippen molar-refractivity contribution in [2.75, 3.05) is 84.5 Å². The highest BCUT2D eigenvalue weighted by Crippen LogP contribution is 2.72. The summed E-state index contributed by atoms with van der Waals surface area (Å²) in [5, 5.41) is 42.2. The molecule has 0 radical (unpaired) electrons. The molecule has 0 bridgehead atoms. The van der Waals surface area contributed by atoms with Crippen LogP contribution in [-0.2, 0) is 97.2 Å². The van der Waals surface area contributed by atoms with Crippen LogP contribution in [0, 0.1) is 81.8 Å². The van der Waals surface area contributed by atoms with E-state index in [9.17, 15) is 72.9 Å². The molecule has 32 heteroatoms. The molecule has 1 heterocycles. The molecule has 0 spiro atoms. The van der Waals surface area contributed by atoms with E-state index in [4.69, 9.17) is 48.4 Å². The maximum atomic E-state index is 18.1. The number of primary amides is 1. The van der Waals surface area contributed by atoms with Crippen LogP contribution in [0.1, 0.15) is 182 Å². The second kappa shape index (κ2) is 45.0. The number of esters is 2. The quantitative estimate of drug-likeness (QED) is 0.0132. The summed E-state index contributed by atoms with van der Waals surface area (Å²) in [6.07, 6.45) is 0.553. The van der Waals surface area contributed by atoms with E-state index < -0.39 is 186 Å². The van der Waals surface area contributed by atoms with Gasteiger partial charge in [0, 0.05) is 98.8 Å². The van der Waals surface area contributed by atoms with Crippen LogP contribution >= 0.6 is 13.5 Å². The Morgan fingerprint density at radius 1 is 0.750 bits per heavy atom. The predicted molar refractivity (Wildman–Crippen MR) is 421 cm³/mol. The largest absolute Gasteiger partial charge is 0.481 e. The van der Waals surface area contributed by atoms with Gasteiger partial charge in [-0.2, -0.15) is 13.5 Å². The van der Waals surface area contributed by atoms with Gasteiger partial charge in [-0.15, -0.1) is 11.8 Å². The highest BCUT2D eigenvalue weighted by molar-refractivity contribution is 7.59. The van der Waals surface area contributed by atoms with Crippen LogP contribution in [0.4, 0.5) is 24.1 Å². The number of ketones is 5. The number of alkyl halides is 2. The standard InChI is InChI=1S/C84H119F2N5O24.H2S/c1-8-15-74-114-71-44-62-63-43-65(85)64-42-57(93)26-28-81(64,6)83(63,86)69(97)45-82(62,7)84(71,115-74)70(98)49-112-78(104)55(38-50(2)3)41-67(95)66(46-92)90-80(106)113-47-52-20-23-56(24-21-52)89-76(102)53(16-13-29-88-79(87)105)40-68(96)75(51(4)5)91-77(103)54(22-25-72(99)100)39-58(94)27-31-108-33-35-110-37-36-109-34-32-107-30-14-19-73(101)111-48-61-59-17-11-9-10-12-18-60(59)61;/h20-21,23-24,26,28,42,50-51,53-55,59-63,65-66,69,71,74-75,92,97H,8,11-19,22,25,27,29-41,43-49H2,1-7H3,(H,89,102)(H,90,106)(H,91,103)(H,99,100)(H3,87,88,105);1H2/t53-,54-,55-,59-,60+,61?,62+,63+,65+,66+,69+,71?,74?,75+,81+,82+,83+,84-;/m1./s1. The van der Waals surface area contributed by atoms with E-state index in [1.807, 2.05) is 6.92 Å². The Kier molecular flexibility index (Phi) is 37.0. The van der Waals surface area contributed by atoms with Crippen molar-refractivity contribution in [3.05, 3.63) is 53.6 Å². The van der Waals surface area contributed by atoms with Crippen LogP contribution in [0.15, 0.2) is 48.1 Å². The number of aliphatic carboxylic acids is 1. The van der Waals surface area contributed by atoms with Gasteiger partial charge in [-0.05, 0) is 148 Å². The van der Waals surface area contributed by atoms with Gasteiger partial charge in [-0.25, -0.2) is 18.4 Å². The van der Waals surface area contributed by atoms with E-state index in [0.717, 1.165) is 31.8 Å². The number of carboxylic acids is 1. The van der Waals surface area contributed by atoms with E-state index in [1.54, 1.807) is 34.6 Å². The number of allylic oxidation sites excluding steroid dienone is 4. The van der Waals surface area contributed by atoms with Crippen molar-refractivity contribution in [3.63, 3.8) is 0 Å². The van der Waals surface area contributed by atoms with E-state index in [-0.39, 0.29) is 140 Å². The van der Waals surface area contributed by atoms with Crippen LogP contribution < -0.4 is 27.0 Å². The number of hydrogen-bond acceptors (Lipinski definition) is 23. The smallest absolute Gasteiger partial charge is 0.408 e. The SMILES string of the molecule is CCCC1OC2C[C@H]3[C@@H]4C[C@H](F)C5=CC(=O)C=C[C@]5(C)[C@@]4(F)[C@@H](O)C[C@]3(C)[C@]2(C(=O)COC(=O)[C@@H](CC(=O)[C@H](CO)NC(=O)OCc2ccc(NC(=O)[C@H](CCCNC(N)=O)CC(=O)[C@@H](NC(=O)[C@H](CCC(=O)O)CC(=O)CCOCCOCCOCCOCCCC(=O)OCC3[C@H]4CCC#CCC[C@@H]34)C(C)C)cc2)CC(C)C)O1.S. The van der Waals surface area contributed by atoms with E-state index in [0.29, 0.717) is 82.0 Å². The number of nitrogens with two attached hydrogens (primary N) is 1. The normalized spacial score (nSPS) is 27.2. The second-order valence-electron chi connectivity index (χ2n) is 32.8. The summed E-state index contributed by atoms with van der Waals surface area (Å²) in [6, 6.07) is 2.46. The lowest BCUT2D eigenvalue weighted by molar-refractivity contribution is -0.235. The number of halogens is 2. The molecule has 1 aliphatic heterocycles. The molecule has 7 aliphatic rings. The van der Waals surface area contributed by atoms with E-state index in [1.165, 1.54) is 43.3 Å². The number of hydrogen-bond donors (Lipinski definition) is 8. The maximum absolute atomic E-state index is 18.1. The van der Waals surface area contributed by atoms with Gasteiger partial charge in [0.2, 0.25) is 17.6 Å². The van der Waals surface area contributed by atoms with Crippen LogP contribution in [-0.4, -0.2) is 213 Å². The molecule has 116 heavy (non-hydrogen) atoms. The molecule has 0 aromatic heterocycles. The number of urea groups is 1. The fraction of sp³-hybridized carbons (Fsp3) is 0.714. The summed E-state index contributed by atoms with van der Waals surface area (Å²) >= 11 is 0. The highest BCUT2D eigenvalue weighted by Gasteiger charge is 2.80. The van der Waals surface area contributed by atoms with Gasteiger partial charge in [-0.3, -0.25) is 47.9 Å². The number of Topliss-reactive ketones (excluding diaryl/α,β-unsaturated/α-hetero) is 4. The maximum Gasteiger partial charge on any atom is 0.408 e. The Bertz CT molecular complexity index is 3690. The van der Waals surface area contributed by atoms with Gasteiger partial charge < -0.3 is 85.0 Å². The Morgan fingerprint density at radius 2 is 1.39 bits per heavy atom. The number of rotatable bonds is 50. The Morgan fingerprint density at radius 3 is 2.01 bits per heavy atom. The number of alkyl carbamates (subject to hydrolysis) is 1. The fourth-order valence-electron chi connectivity index (χ4n) is 17.9. The molecular formula is C84H121F2N5O24S. The van der Waals surface area contributed by atoms with Crippen molar-refractivity contribution in [1.29, 1.82) is 0 Å². The molecular weight excluding hydrogens is 1530 g/mol. The molecule has 4 saturated carbocycles. The van der Waals surface area contributed by atoms with Gasteiger partial charge in [-0.1, -0.05) is 66.2 Å². The van der Waals surface area contributed by atoms with Crippen molar-refractivity contribution >= 4 is 89.9 Å². The number of carbonyl (C=O) groups excluding carboxylic acids is 11. The van der Waals surface area contributed by atoms with Crippen molar-refractivity contribution in [3.8, 4) is 11.8 Å². The van der Waals surface area contributed by atoms with Crippen LogP contribution in [0.25, 0.3) is 0 Å². The van der Waals surface area contributed by atoms with Crippen molar-refractivity contribution in [2.24, 2.45) is 75.7 Å². The van der Waals surface area contributed by atoms with Gasteiger partial charge in [0.15, 0.2) is 41.5 Å². The number of carbonyl (C=O) groups is 12. The molecule has 1 aromatic carbocycles. The van der Waals surface area contributed by atoms with Crippen LogP contribution in [0.2, 0.25) is 0 Å². The number of benzene rings is 1. The molecule has 1 aromatic rings. The minimum absolute atomic E-state index is 0. The highest BCUT2D eigenvalue weighted by atomic mass is 32.1. The molecule has 8 rings (SSSR count). The molecule has 5 fully saturated rings. The number of aliphatic hydroxyl groups excluding tert-OH is 2. The number of aliphatic hydroxyl groups is 2. The van der Waals surface area contributed by atoms with E-state index >= 15 is 8.78 Å². The first-order chi connectivity index (χ1) is 54.8. The summed E-state index contributed by atoms with van der Waals surface area (Å²) in [6.45, 7) is 12.4. The Balaban J connectivity index is 0.0000186. The number of ether oxygens (including phenoxy) is 9. The first-order valence-corrected chi connectivity index (χ1v) is 40.8. The predicted octanol–water partition coefficient (Wildman–Crippen LogP) is 8.09. The first kappa shape index (κ1) is 95.5. The first-order valence-electron chi connectivity index (χ1n) is 40.8. The molecule has 9 N–H and O–H groups in total. The fourth-order valence-corrected chi connectivity index (χ4v) is 17.9. The Hall–Kier alpha value is -7.61. The second-order valence-corrected chi connectivity index (χ2v) is 32.8. The van der Waals surface area contributed by atoms with E-state index in [2.05, 4.69) is 33.1 Å². The summed E-state index contributed by atoms with van der Waals surface area (Å²) in [5.74, 6) is -4.54. The van der Waals surface area contributed by atoms with Crippen molar-refractivity contribution < 1.29 is 124 Å². The van der Waals surface area contributed by atoms with Crippen molar-refractivity contribution in [1.82, 2.24) is 16.0 Å². The zero-order chi connectivity index (χ0) is 83.8. The Labute approximate surface area is 684 Å². The minimum Gasteiger partial charge on any atom is -0.481 e. The average Bonchev–Trinajstić information content (AvgIpc) is 1.41. The van der Waals surface area contributed by atoms with Crippen molar-refractivity contribution in [2.45, 2.75) is 232 Å². The zero-order valence-electron chi connectivity index (χ0n) is 67.9. The molecule has 3 unspecified atom stereocenters. The van der Waals surface area contributed by atoms with Gasteiger partial charge >= 0.3 is 30.0 Å². The summed E-state index contributed by atoms with van der Waals surface area (Å²) in [5.41, 5.74) is -1.51. The monoisotopic (exact) mass is 1650 g/mol. The number of nitrogens with one attached hydrogen (secondary N) is 4. The van der Waals surface area contributed by atoms with Gasteiger partial charge in [0.1, 0.15) is 24.6 Å². The third-order valence-corrected chi connectivity index (χ3v) is 24.0. The molecule has 1 saturated heterocycles. The lowest BCUT2D eigenvalue weighted by Crippen LogP contribution is -2.71. The topological polar surface area (TPSA) is 423 Å². The summed E-state index contributed by atoms with van der Waals surface area (Å²) in [4.78, 5) is 159. The van der Waals surface area contributed by atoms with Gasteiger partial charge in [0.25, 0.3) is 0 Å². The lowest BCUT2D eigenvalue weighted by Gasteiger charge is -2.63. The average molecular weight is 1650 g/mol. The molecule has 646 valence electrons. The van der Waals surface area contributed by atoms with Crippen LogP contribution in [0.3, 0.4) is 0 Å². The third-order valence-electron chi connectivity index (χ3n) is 24.0. The molecule has 29 nitrogen and oxygen atoms in total. The third kappa shape index (κ3) is 25.0. The summed E-state index contributed by atoms with van der Waals surface area (Å²) < 4.78 is 86.3. The number of anilines is 1. The van der Waals surface area contributed by atoms with Gasteiger partial charge in [0.05, 0.1) is 83.6 Å². The lowest BCUT2D eigenvalue weighted by atomic mass is 9.44.